The standard InChI is InChI=1S/C9H18N2O2/c1-9(13)5-3-2-4-6(9)7(10)8(11)12/h6-7,13H,2-5,10H2,1H3,(H2,11,12)/t6-,7?,9+/m0/s1. The van der Waals surface area contributed by atoms with Gasteiger partial charge in [-0.25, -0.2) is 0 Å². The van der Waals surface area contributed by atoms with Crippen LogP contribution in [0.25, 0.3) is 0 Å². The van der Waals surface area contributed by atoms with Gasteiger partial charge in [-0.15, -0.1) is 0 Å². The molecule has 1 unspecified atom stereocenters. The third kappa shape index (κ3) is 2.19. The summed E-state index contributed by atoms with van der Waals surface area (Å²) in [6.45, 7) is 1.74. The smallest absolute Gasteiger partial charge is 0.234 e. The quantitative estimate of drug-likeness (QED) is 0.555. The minimum absolute atomic E-state index is 0.182. The Labute approximate surface area is 78.3 Å². The molecular weight excluding hydrogens is 168 g/mol. The Kier molecular flexibility index (Phi) is 2.93. The molecule has 0 spiro atoms. The van der Waals surface area contributed by atoms with Crippen molar-refractivity contribution in [1.29, 1.82) is 0 Å². The van der Waals surface area contributed by atoms with Crippen molar-refractivity contribution in [2.24, 2.45) is 17.4 Å². The van der Waals surface area contributed by atoms with Crippen LogP contribution in [0.5, 0.6) is 0 Å². The lowest BCUT2D eigenvalue weighted by Crippen LogP contribution is -2.53. The topological polar surface area (TPSA) is 89.3 Å². The molecule has 0 bridgehead atoms. The number of primary amides is 1. The predicted molar refractivity (Wildman–Crippen MR) is 49.8 cm³/mol. The highest BCUT2D eigenvalue weighted by Crippen LogP contribution is 2.34. The molecule has 0 aromatic rings. The summed E-state index contributed by atoms with van der Waals surface area (Å²) >= 11 is 0. The van der Waals surface area contributed by atoms with Gasteiger partial charge in [-0.1, -0.05) is 12.8 Å². The number of aliphatic hydroxyl groups is 1. The number of nitrogens with two attached hydrogens (primary N) is 2. The molecule has 4 heteroatoms. The molecule has 3 atom stereocenters. The van der Waals surface area contributed by atoms with Crippen molar-refractivity contribution in [3.05, 3.63) is 0 Å². The van der Waals surface area contributed by atoms with Crippen LogP contribution in [0.2, 0.25) is 0 Å². The molecule has 1 aliphatic carbocycles. The molecule has 0 aromatic heterocycles. The number of hydrogen-bond donors (Lipinski definition) is 3. The van der Waals surface area contributed by atoms with Gasteiger partial charge < -0.3 is 16.6 Å². The Morgan fingerprint density at radius 1 is 1.62 bits per heavy atom. The van der Waals surface area contributed by atoms with E-state index in [1.165, 1.54) is 0 Å². The molecule has 13 heavy (non-hydrogen) atoms. The first-order chi connectivity index (χ1) is 5.95. The zero-order valence-corrected chi connectivity index (χ0v) is 7.99. The summed E-state index contributed by atoms with van der Waals surface area (Å²) in [5.41, 5.74) is 9.92. The fraction of sp³-hybridized carbons (Fsp3) is 0.889. The average Bonchev–Trinajstić information content (AvgIpc) is 2.02. The van der Waals surface area contributed by atoms with E-state index in [0.29, 0.717) is 6.42 Å². The van der Waals surface area contributed by atoms with Gasteiger partial charge in [0.2, 0.25) is 5.91 Å². The van der Waals surface area contributed by atoms with Crippen LogP contribution in [-0.4, -0.2) is 22.7 Å². The summed E-state index contributed by atoms with van der Waals surface area (Å²) in [6, 6.07) is -0.713. The van der Waals surface area contributed by atoms with Crippen LogP contribution in [0.3, 0.4) is 0 Å². The van der Waals surface area contributed by atoms with Gasteiger partial charge in [0, 0.05) is 5.92 Å². The normalized spacial score (nSPS) is 37.0. The molecule has 0 aliphatic heterocycles. The second-order valence-corrected chi connectivity index (χ2v) is 4.14. The van der Waals surface area contributed by atoms with E-state index in [1.54, 1.807) is 6.92 Å². The van der Waals surface area contributed by atoms with E-state index in [9.17, 15) is 9.90 Å². The SMILES string of the molecule is C[C@@]1(O)CCCC[C@H]1C(N)C(N)=O. The molecule has 1 aliphatic rings. The minimum Gasteiger partial charge on any atom is -0.390 e. The van der Waals surface area contributed by atoms with E-state index < -0.39 is 17.6 Å². The van der Waals surface area contributed by atoms with Gasteiger partial charge >= 0.3 is 0 Å². The number of hydrogen-bond acceptors (Lipinski definition) is 3. The maximum absolute atomic E-state index is 10.9. The molecule has 0 saturated heterocycles. The average molecular weight is 186 g/mol. The van der Waals surface area contributed by atoms with E-state index in [2.05, 4.69) is 0 Å². The first-order valence-corrected chi connectivity index (χ1v) is 4.72. The second kappa shape index (κ2) is 3.64. The molecular formula is C9H18N2O2. The number of carbonyl (C=O) groups is 1. The van der Waals surface area contributed by atoms with E-state index >= 15 is 0 Å². The Hall–Kier alpha value is -0.610. The maximum atomic E-state index is 10.9. The van der Waals surface area contributed by atoms with Crippen LogP contribution >= 0.6 is 0 Å². The Bertz CT molecular complexity index is 204. The summed E-state index contributed by atoms with van der Waals surface area (Å²) < 4.78 is 0. The molecule has 1 fully saturated rings. The fourth-order valence-corrected chi connectivity index (χ4v) is 2.11. The van der Waals surface area contributed by atoms with Gasteiger partial charge in [-0.05, 0) is 19.8 Å². The zero-order chi connectivity index (χ0) is 10.1. The molecule has 1 amide bonds. The molecule has 4 nitrogen and oxygen atoms in total. The van der Waals surface area contributed by atoms with Gasteiger partial charge in [0.1, 0.15) is 0 Å². The van der Waals surface area contributed by atoms with Gasteiger partial charge in [0.25, 0.3) is 0 Å². The van der Waals surface area contributed by atoms with Gasteiger partial charge in [-0.3, -0.25) is 4.79 Å². The largest absolute Gasteiger partial charge is 0.390 e. The lowest BCUT2D eigenvalue weighted by atomic mass is 9.73. The van der Waals surface area contributed by atoms with Crippen molar-refractivity contribution < 1.29 is 9.90 Å². The first-order valence-electron chi connectivity index (χ1n) is 4.72. The third-order valence-electron chi connectivity index (χ3n) is 3.01. The highest BCUT2D eigenvalue weighted by molar-refractivity contribution is 5.80. The second-order valence-electron chi connectivity index (χ2n) is 4.14. The molecule has 0 aromatic carbocycles. The van der Waals surface area contributed by atoms with Crippen LogP contribution in [0.15, 0.2) is 0 Å². The number of rotatable bonds is 2. The lowest BCUT2D eigenvalue weighted by Gasteiger charge is -2.39. The summed E-state index contributed by atoms with van der Waals surface area (Å²) in [4.78, 5) is 10.9. The molecule has 0 heterocycles. The predicted octanol–water partition coefficient (Wildman–Crippen LogP) is -0.260. The Balaban J connectivity index is 2.70. The van der Waals surface area contributed by atoms with Crippen molar-refractivity contribution in [1.82, 2.24) is 0 Å². The van der Waals surface area contributed by atoms with Crippen molar-refractivity contribution in [3.8, 4) is 0 Å². The summed E-state index contributed by atoms with van der Waals surface area (Å²) in [7, 11) is 0. The Morgan fingerprint density at radius 3 is 2.69 bits per heavy atom. The Morgan fingerprint density at radius 2 is 2.23 bits per heavy atom. The van der Waals surface area contributed by atoms with Crippen molar-refractivity contribution in [2.75, 3.05) is 0 Å². The van der Waals surface area contributed by atoms with Gasteiger partial charge in [-0.2, -0.15) is 0 Å². The number of amides is 1. The van der Waals surface area contributed by atoms with Crippen LogP contribution < -0.4 is 11.5 Å². The highest BCUT2D eigenvalue weighted by atomic mass is 16.3. The third-order valence-corrected chi connectivity index (χ3v) is 3.01. The van der Waals surface area contributed by atoms with Crippen LogP contribution in [-0.2, 0) is 4.79 Å². The molecule has 0 radical (unpaired) electrons. The zero-order valence-electron chi connectivity index (χ0n) is 7.99. The first kappa shape index (κ1) is 10.5. The van der Waals surface area contributed by atoms with E-state index in [0.717, 1.165) is 19.3 Å². The van der Waals surface area contributed by atoms with Gasteiger partial charge in [0.05, 0.1) is 11.6 Å². The minimum atomic E-state index is -0.827. The van der Waals surface area contributed by atoms with Crippen molar-refractivity contribution in [2.45, 2.75) is 44.2 Å². The van der Waals surface area contributed by atoms with E-state index in [-0.39, 0.29) is 5.92 Å². The molecule has 1 saturated carbocycles. The monoisotopic (exact) mass is 186 g/mol. The van der Waals surface area contributed by atoms with E-state index in [1.807, 2.05) is 0 Å². The molecule has 1 rings (SSSR count). The lowest BCUT2D eigenvalue weighted by molar-refractivity contribution is -0.125. The maximum Gasteiger partial charge on any atom is 0.234 e. The molecule has 5 N–H and O–H groups in total. The van der Waals surface area contributed by atoms with Crippen LogP contribution in [0.4, 0.5) is 0 Å². The van der Waals surface area contributed by atoms with Crippen LogP contribution in [0.1, 0.15) is 32.6 Å². The molecule has 76 valence electrons. The van der Waals surface area contributed by atoms with Crippen molar-refractivity contribution in [3.63, 3.8) is 0 Å². The van der Waals surface area contributed by atoms with Crippen LogP contribution in [0, 0.1) is 5.92 Å². The summed E-state index contributed by atoms with van der Waals surface area (Å²) in [6.07, 6.45) is 3.51. The van der Waals surface area contributed by atoms with Crippen molar-refractivity contribution >= 4 is 5.91 Å². The summed E-state index contributed by atoms with van der Waals surface area (Å²) in [5, 5.41) is 9.97. The van der Waals surface area contributed by atoms with Gasteiger partial charge in [0.15, 0.2) is 0 Å². The number of carbonyl (C=O) groups excluding carboxylic acids is 1. The van der Waals surface area contributed by atoms with E-state index in [4.69, 9.17) is 11.5 Å². The fourth-order valence-electron chi connectivity index (χ4n) is 2.11. The highest BCUT2D eigenvalue weighted by Gasteiger charge is 2.39. The summed E-state index contributed by atoms with van der Waals surface area (Å²) in [5.74, 6) is -0.703.